The normalized spacial score (nSPS) is 12.2. The summed E-state index contributed by atoms with van der Waals surface area (Å²) in [5.74, 6) is -0.165. The first-order chi connectivity index (χ1) is 10.6. The van der Waals surface area contributed by atoms with Crippen LogP contribution in [0.2, 0.25) is 0 Å². The van der Waals surface area contributed by atoms with Crippen LogP contribution < -0.4 is 11.1 Å². The van der Waals surface area contributed by atoms with Gasteiger partial charge in [-0.15, -0.1) is 0 Å². The summed E-state index contributed by atoms with van der Waals surface area (Å²) in [4.78, 5) is 11.8. The molecule has 0 aliphatic rings. The van der Waals surface area contributed by atoms with Crippen molar-refractivity contribution in [1.82, 2.24) is 0 Å². The van der Waals surface area contributed by atoms with Crippen molar-refractivity contribution in [3.05, 3.63) is 66.2 Å². The summed E-state index contributed by atoms with van der Waals surface area (Å²) in [5.41, 5.74) is 7.46. The molecule has 0 spiro atoms. The SMILES string of the molecule is Nc1ccccc1NC(=O)/C=C/C[C@@H](O)c1ccc(O)cc1. The van der Waals surface area contributed by atoms with Crippen LogP contribution >= 0.6 is 0 Å². The van der Waals surface area contributed by atoms with Crippen molar-refractivity contribution >= 4 is 17.3 Å². The number of nitrogen functional groups attached to an aromatic ring is 1. The third-order valence-corrected chi connectivity index (χ3v) is 3.13. The second kappa shape index (κ2) is 7.28. The molecule has 5 N–H and O–H groups in total. The van der Waals surface area contributed by atoms with Crippen LogP contribution in [0.15, 0.2) is 60.7 Å². The van der Waals surface area contributed by atoms with Crippen molar-refractivity contribution in [3.63, 3.8) is 0 Å². The van der Waals surface area contributed by atoms with Crippen LogP contribution in [0, 0.1) is 0 Å². The number of phenols is 1. The summed E-state index contributed by atoms with van der Waals surface area (Å²) in [6, 6.07) is 13.3. The van der Waals surface area contributed by atoms with E-state index in [0.29, 0.717) is 23.4 Å². The Kier molecular flexibility index (Phi) is 5.16. The summed E-state index contributed by atoms with van der Waals surface area (Å²) < 4.78 is 0. The van der Waals surface area contributed by atoms with Crippen LogP contribution in [0.5, 0.6) is 5.75 Å². The predicted molar refractivity (Wildman–Crippen MR) is 86.3 cm³/mol. The lowest BCUT2D eigenvalue weighted by atomic mass is 10.1. The predicted octanol–water partition coefficient (Wildman–Crippen LogP) is 2.59. The smallest absolute Gasteiger partial charge is 0.248 e. The van der Waals surface area contributed by atoms with Crippen LogP contribution in [-0.4, -0.2) is 16.1 Å². The van der Waals surface area contributed by atoms with Crippen LogP contribution in [0.3, 0.4) is 0 Å². The summed E-state index contributed by atoms with van der Waals surface area (Å²) in [6.45, 7) is 0. The Morgan fingerprint density at radius 1 is 1.18 bits per heavy atom. The number of amides is 1. The number of phenolic OH excluding ortho intramolecular Hbond substituents is 1. The van der Waals surface area contributed by atoms with Crippen LogP contribution in [0.4, 0.5) is 11.4 Å². The molecule has 0 fully saturated rings. The first-order valence-corrected chi connectivity index (χ1v) is 6.85. The number of para-hydroxylation sites is 2. The molecule has 0 saturated heterocycles. The van der Waals surface area contributed by atoms with Gasteiger partial charge in [0.25, 0.3) is 0 Å². The summed E-state index contributed by atoms with van der Waals surface area (Å²) in [6.07, 6.45) is 2.51. The Bertz CT molecular complexity index is 666. The number of aliphatic hydroxyl groups is 1. The maximum atomic E-state index is 11.8. The second-order valence-electron chi connectivity index (χ2n) is 4.82. The average Bonchev–Trinajstić information content (AvgIpc) is 2.50. The highest BCUT2D eigenvalue weighted by atomic mass is 16.3. The first kappa shape index (κ1) is 15.6. The van der Waals surface area contributed by atoms with Gasteiger partial charge in [-0.25, -0.2) is 0 Å². The van der Waals surface area contributed by atoms with Crippen molar-refractivity contribution in [2.45, 2.75) is 12.5 Å². The molecule has 0 aromatic heterocycles. The molecule has 0 heterocycles. The molecule has 0 aliphatic carbocycles. The standard InChI is InChI=1S/C17H18N2O3/c18-14-4-1-2-5-15(14)19-17(22)7-3-6-16(21)12-8-10-13(20)11-9-12/h1-5,7-11,16,20-21H,6,18H2,(H,19,22)/b7-3+/t16-/m1/s1. The number of hydrogen-bond acceptors (Lipinski definition) is 4. The van der Waals surface area contributed by atoms with Crippen molar-refractivity contribution < 1.29 is 15.0 Å². The Hall–Kier alpha value is -2.79. The molecule has 2 aromatic carbocycles. The molecule has 114 valence electrons. The zero-order valence-corrected chi connectivity index (χ0v) is 11.9. The molecular formula is C17H18N2O3. The number of nitrogens with two attached hydrogens (primary N) is 1. The van der Waals surface area contributed by atoms with E-state index in [1.165, 1.54) is 18.2 Å². The van der Waals surface area contributed by atoms with Crippen LogP contribution in [-0.2, 0) is 4.79 Å². The van der Waals surface area contributed by atoms with Gasteiger partial charge in [0.15, 0.2) is 0 Å². The number of hydrogen-bond donors (Lipinski definition) is 4. The summed E-state index contributed by atoms with van der Waals surface area (Å²) in [7, 11) is 0. The molecule has 0 aliphatic heterocycles. The number of carbonyl (C=O) groups excluding carboxylic acids is 1. The minimum absolute atomic E-state index is 0.145. The maximum absolute atomic E-state index is 11.8. The van der Waals surface area contributed by atoms with E-state index in [1.807, 2.05) is 0 Å². The largest absolute Gasteiger partial charge is 0.508 e. The summed E-state index contributed by atoms with van der Waals surface area (Å²) in [5, 5.41) is 21.8. The van der Waals surface area contributed by atoms with Gasteiger partial charge in [-0.3, -0.25) is 4.79 Å². The number of nitrogens with one attached hydrogen (secondary N) is 1. The van der Waals surface area contributed by atoms with Crippen LogP contribution in [0.25, 0.3) is 0 Å². The van der Waals surface area contributed by atoms with E-state index in [4.69, 9.17) is 5.73 Å². The van der Waals surface area contributed by atoms with Crippen molar-refractivity contribution in [3.8, 4) is 5.75 Å². The molecule has 0 bridgehead atoms. The van der Waals surface area contributed by atoms with E-state index in [-0.39, 0.29) is 11.7 Å². The quantitative estimate of drug-likeness (QED) is 0.504. The highest BCUT2D eigenvalue weighted by molar-refractivity contribution is 6.01. The Labute approximate surface area is 128 Å². The fourth-order valence-corrected chi connectivity index (χ4v) is 1.92. The van der Waals surface area contributed by atoms with Gasteiger partial charge < -0.3 is 21.3 Å². The fourth-order valence-electron chi connectivity index (χ4n) is 1.92. The zero-order valence-electron chi connectivity index (χ0n) is 11.9. The van der Waals surface area contributed by atoms with Crippen molar-refractivity contribution in [2.24, 2.45) is 0 Å². The van der Waals surface area contributed by atoms with E-state index in [0.717, 1.165) is 0 Å². The van der Waals surface area contributed by atoms with E-state index in [1.54, 1.807) is 42.5 Å². The van der Waals surface area contributed by atoms with E-state index in [9.17, 15) is 15.0 Å². The molecule has 2 aromatic rings. The number of carbonyl (C=O) groups is 1. The van der Waals surface area contributed by atoms with Crippen molar-refractivity contribution in [2.75, 3.05) is 11.1 Å². The number of anilines is 2. The number of aliphatic hydroxyl groups excluding tert-OH is 1. The summed E-state index contributed by atoms with van der Waals surface area (Å²) >= 11 is 0. The van der Waals surface area contributed by atoms with E-state index < -0.39 is 6.10 Å². The van der Waals surface area contributed by atoms with Gasteiger partial charge in [0.1, 0.15) is 5.75 Å². The lowest BCUT2D eigenvalue weighted by Crippen LogP contribution is -2.09. The molecule has 5 heteroatoms. The van der Waals surface area contributed by atoms with Crippen LogP contribution in [0.1, 0.15) is 18.1 Å². The zero-order chi connectivity index (χ0) is 15.9. The number of rotatable bonds is 5. The fraction of sp³-hybridized carbons (Fsp3) is 0.118. The maximum Gasteiger partial charge on any atom is 0.248 e. The molecule has 5 nitrogen and oxygen atoms in total. The Balaban J connectivity index is 1.88. The number of benzene rings is 2. The molecular weight excluding hydrogens is 280 g/mol. The molecule has 0 radical (unpaired) electrons. The van der Waals surface area contributed by atoms with Gasteiger partial charge in [0.05, 0.1) is 17.5 Å². The third kappa shape index (κ3) is 4.36. The Morgan fingerprint density at radius 3 is 2.55 bits per heavy atom. The molecule has 22 heavy (non-hydrogen) atoms. The van der Waals surface area contributed by atoms with Gasteiger partial charge in [-0.05, 0) is 42.3 Å². The molecule has 1 atom stereocenters. The number of aromatic hydroxyl groups is 1. The minimum Gasteiger partial charge on any atom is -0.508 e. The first-order valence-electron chi connectivity index (χ1n) is 6.85. The molecule has 0 unspecified atom stereocenters. The van der Waals surface area contributed by atoms with Gasteiger partial charge in [0.2, 0.25) is 5.91 Å². The van der Waals surface area contributed by atoms with Gasteiger partial charge >= 0.3 is 0 Å². The highest BCUT2D eigenvalue weighted by Gasteiger charge is 2.06. The lowest BCUT2D eigenvalue weighted by Gasteiger charge is -2.08. The topological polar surface area (TPSA) is 95.6 Å². The van der Waals surface area contributed by atoms with E-state index in [2.05, 4.69) is 5.32 Å². The van der Waals surface area contributed by atoms with Gasteiger partial charge in [0, 0.05) is 0 Å². The molecule has 0 saturated carbocycles. The third-order valence-electron chi connectivity index (χ3n) is 3.13. The monoisotopic (exact) mass is 298 g/mol. The second-order valence-corrected chi connectivity index (χ2v) is 4.82. The molecule has 1 amide bonds. The highest BCUT2D eigenvalue weighted by Crippen LogP contribution is 2.20. The lowest BCUT2D eigenvalue weighted by molar-refractivity contribution is -0.111. The minimum atomic E-state index is -0.730. The van der Waals surface area contributed by atoms with Gasteiger partial charge in [-0.2, -0.15) is 0 Å². The van der Waals surface area contributed by atoms with E-state index >= 15 is 0 Å². The van der Waals surface area contributed by atoms with Crippen molar-refractivity contribution in [1.29, 1.82) is 0 Å². The average molecular weight is 298 g/mol. The van der Waals surface area contributed by atoms with Gasteiger partial charge in [-0.1, -0.05) is 30.3 Å². The Morgan fingerprint density at radius 2 is 1.86 bits per heavy atom. The molecule has 2 rings (SSSR count).